The lowest BCUT2D eigenvalue weighted by molar-refractivity contribution is -0.136. The first-order valence-electron chi connectivity index (χ1n) is 7.42. The molecule has 1 aromatic carbocycles. The average Bonchev–Trinajstić information content (AvgIpc) is 2.60. The van der Waals surface area contributed by atoms with Crippen LogP contribution in [0.4, 0.5) is 0 Å². The summed E-state index contributed by atoms with van der Waals surface area (Å²) < 4.78 is 22.4. The molecule has 1 rings (SSSR count). The molecule has 8 heteroatoms. The molecule has 0 aliphatic rings. The summed E-state index contributed by atoms with van der Waals surface area (Å²) in [7, 11) is -1.21. The second-order valence-corrected chi connectivity index (χ2v) is 8.63. The number of nitrogens with zero attached hydrogens (tertiary/aromatic N) is 1. The van der Waals surface area contributed by atoms with Crippen LogP contribution in [0.15, 0.2) is 35.5 Å². The van der Waals surface area contributed by atoms with Crippen LogP contribution in [0.5, 0.6) is 5.75 Å². The summed E-state index contributed by atoms with van der Waals surface area (Å²) in [5, 5.41) is 7.25. The Labute approximate surface area is 147 Å². The lowest BCUT2D eigenvalue weighted by atomic mass is 10.2. The molecular weight excluding hydrogens is 351 g/mol. The minimum absolute atomic E-state index is 0.0380. The van der Waals surface area contributed by atoms with Gasteiger partial charge in [-0.05, 0) is 18.2 Å². The summed E-state index contributed by atoms with van der Waals surface area (Å²) in [5.74, 6) is -0.110. The van der Waals surface area contributed by atoms with E-state index in [0.29, 0.717) is 28.7 Å². The van der Waals surface area contributed by atoms with Crippen molar-refractivity contribution in [1.29, 1.82) is 0 Å². The van der Waals surface area contributed by atoms with Crippen molar-refractivity contribution < 1.29 is 18.8 Å². The highest BCUT2D eigenvalue weighted by Gasteiger charge is 2.15. The van der Waals surface area contributed by atoms with Crippen molar-refractivity contribution in [3.05, 3.63) is 40.9 Å². The predicted octanol–water partition coefficient (Wildman–Crippen LogP) is 3.69. The molecule has 0 saturated heterocycles. The van der Waals surface area contributed by atoms with Crippen molar-refractivity contribution in [2.45, 2.75) is 13.8 Å². The van der Waals surface area contributed by atoms with Crippen LogP contribution >= 0.6 is 18.9 Å². The number of carbonyl (C=O) groups is 1. The van der Waals surface area contributed by atoms with Gasteiger partial charge in [-0.1, -0.05) is 32.0 Å². The Morgan fingerprint density at radius 3 is 2.67 bits per heavy atom. The number of benzene rings is 1. The van der Waals surface area contributed by atoms with Crippen LogP contribution in [0.1, 0.15) is 19.4 Å². The number of nitrogens with one attached hydrogen (secondary N) is 1. The number of ether oxygens (including phenoxy) is 2. The third-order valence-electron chi connectivity index (χ3n) is 3.32. The van der Waals surface area contributed by atoms with E-state index in [1.165, 1.54) is 13.3 Å². The van der Waals surface area contributed by atoms with Crippen molar-refractivity contribution >= 4 is 31.1 Å². The van der Waals surface area contributed by atoms with E-state index >= 15 is 0 Å². The van der Waals surface area contributed by atoms with Gasteiger partial charge >= 0.3 is 5.97 Å². The lowest BCUT2D eigenvalue weighted by Gasteiger charge is -2.13. The molecule has 0 radical (unpaired) electrons. The number of esters is 1. The summed E-state index contributed by atoms with van der Waals surface area (Å²) in [4.78, 5) is 11.3. The Morgan fingerprint density at radius 1 is 1.42 bits per heavy atom. The number of rotatable bonds is 9. The third kappa shape index (κ3) is 6.02. The first kappa shape index (κ1) is 20.3. The van der Waals surface area contributed by atoms with Gasteiger partial charge < -0.3 is 9.47 Å². The zero-order chi connectivity index (χ0) is 18.2. The molecule has 0 saturated carbocycles. The standard InChI is InChI=1S/C16H22ClN2O4P/c1-5-24(21,6-2)19-18-10-13-7-8-14(17)9-15(13)23-11-12(3)16(20)22-4/h7-10H,3,5-6,11H2,1-2,4H3,(H,19,21). The normalized spacial score (nSPS) is 11.3. The fourth-order valence-electron chi connectivity index (χ4n) is 1.68. The SMILES string of the molecule is C=C(COc1cc(Cl)ccc1C=NNP(=O)(CC)CC)C(=O)OC. The molecule has 0 unspecified atom stereocenters. The van der Waals surface area contributed by atoms with E-state index in [0.717, 1.165) is 0 Å². The van der Waals surface area contributed by atoms with E-state index in [4.69, 9.17) is 16.3 Å². The molecule has 1 N–H and O–H groups in total. The number of hydrogen-bond donors (Lipinski definition) is 1. The van der Waals surface area contributed by atoms with Crippen LogP contribution in [0, 0.1) is 0 Å². The van der Waals surface area contributed by atoms with Gasteiger partial charge in [0.1, 0.15) is 12.4 Å². The van der Waals surface area contributed by atoms with E-state index in [9.17, 15) is 9.36 Å². The molecule has 0 aliphatic carbocycles. The highest BCUT2D eigenvalue weighted by molar-refractivity contribution is 7.61. The molecule has 1 aromatic rings. The summed E-state index contributed by atoms with van der Waals surface area (Å²) in [5.41, 5.74) is 0.809. The smallest absolute Gasteiger partial charge is 0.336 e. The largest absolute Gasteiger partial charge is 0.488 e. The topological polar surface area (TPSA) is 77.0 Å². The molecule has 0 amide bonds. The molecule has 24 heavy (non-hydrogen) atoms. The van der Waals surface area contributed by atoms with Crippen LogP contribution < -0.4 is 9.93 Å². The van der Waals surface area contributed by atoms with E-state index in [1.807, 2.05) is 13.8 Å². The molecule has 132 valence electrons. The van der Waals surface area contributed by atoms with Crippen molar-refractivity contribution in [2.24, 2.45) is 5.10 Å². The molecule has 0 heterocycles. The lowest BCUT2D eigenvalue weighted by Crippen LogP contribution is -2.12. The molecular formula is C16H22ClN2O4P. The van der Waals surface area contributed by atoms with Crippen LogP contribution in [0.2, 0.25) is 5.02 Å². The monoisotopic (exact) mass is 372 g/mol. The maximum absolute atomic E-state index is 12.3. The second kappa shape index (κ2) is 9.50. The van der Waals surface area contributed by atoms with Gasteiger partial charge in [-0.3, -0.25) is 9.76 Å². The Kier molecular flexibility index (Phi) is 8.02. The highest BCUT2D eigenvalue weighted by Crippen LogP contribution is 2.39. The number of halogens is 1. The average molecular weight is 373 g/mol. The van der Waals surface area contributed by atoms with Gasteiger partial charge in [0.15, 0.2) is 7.29 Å². The number of hydrogen-bond acceptors (Lipinski definition) is 5. The fourth-order valence-corrected chi connectivity index (χ4v) is 2.84. The highest BCUT2D eigenvalue weighted by atomic mass is 35.5. The Morgan fingerprint density at radius 2 is 2.08 bits per heavy atom. The Bertz CT molecular complexity index is 668. The van der Waals surface area contributed by atoms with E-state index in [-0.39, 0.29) is 12.2 Å². The van der Waals surface area contributed by atoms with Crippen LogP contribution in [0.3, 0.4) is 0 Å². The van der Waals surface area contributed by atoms with Gasteiger partial charge in [0.2, 0.25) is 0 Å². The minimum Gasteiger partial charge on any atom is -0.488 e. The summed E-state index contributed by atoms with van der Waals surface area (Å²) in [6.45, 7) is 7.25. The number of carbonyl (C=O) groups excluding carboxylic acids is 1. The van der Waals surface area contributed by atoms with E-state index in [1.54, 1.807) is 18.2 Å². The zero-order valence-corrected chi connectivity index (χ0v) is 15.7. The molecule has 0 aromatic heterocycles. The molecule has 6 nitrogen and oxygen atoms in total. The number of hydrazone groups is 1. The molecule has 0 aliphatic heterocycles. The summed E-state index contributed by atoms with van der Waals surface area (Å²) in [6.07, 6.45) is 2.54. The molecule has 0 spiro atoms. The number of methoxy groups -OCH3 is 1. The van der Waals surface area contributed by atoms with Crippen molar-refractivity contribution in [2.75, 3.05) is 26.0 Å². The van der Waals surface area contributed by atoms with E-state index < -0.39 is 13.3 Å². The Balaban J connectivity index is 2.87. The minimum atomic E-state index is -2.48. The maximum Gasteiger partial charge on any atom is 0.336 e. The van der Waals surface area contributed by atoms with Crippen LogP contribution in [-0.4, -0.2) is 38.2 Å². The van der Waals surface area contributed by atoms with Gasteiger partial charge in [0.05, 0.1) is 18.9 Å². The Hall–Kier alpha value is -1.78. The van der Waals surface area contributed by atoms with Crippen molar-refractivity contribution in [1.82, 2.24) is 5.20 Å². The summed E-state index contributed by atoms with van der Waals surface area (Å²) in [6, 6.07) is 5.00. The van der Waals surface area contributed by atoms with Crippen molar-refractivity contribution in [3.8, 4) is 5.75 Å². The molecule has 0 atom stereocenters. The zero-order valence-electron chi connectivity index (χ0n) is 14.0. The first-order valence-corrected chi connectivity index (χ1v) is 9.87. The van der Waals surface area contributed by atoms with Gasteiger partial charge in [-0.15, -0.1) is 0 Å². The maximum atomic E-state index is 12.3. The van der Waals surface area contributed by atoms with Crippen LogP contribution in [-0.2, 0) is 14.1 Å². The van der Waals surface area contributed by atoms with Crippen molar-refractivity contribution in [3.63, 3.8) is 0 Å². The summed E-state index contributed by atoms with van der Waals surface area (Å²) >= 11 is 5.97. The van der Waals surface area contributed by atoms with Gasteiger partial charge in [0.25, 0.3) is 0 Å². The van der Waals surface area contributed by atoms with Gasteiger partial charge in [0, 0.05) is 22.9 Å². The van der Waals surface area contributed by atoms with Crippen LogP contribution in [0.25, 0.3) is 0 Å². The molecule has 0 bridgehead atoms. The second-order valence-electron chi connectivity index (χ2n) is 4.95. The molecule has 0 fully saturated rings. The van der Waals surface area contributed by atoms with Gasteiger partial charge in [-0.25, -0.2) is 4.79 Å². The predicted molar refractivity (Wildman–Crippen MR) is 97.5 cm³/mol. The van der Waals surface area contributed by atoms with Gasteiger partial charge in [-0.2, -0.15) is 5.10 Å². The first-order chi connectivity index (χ1) is 11.3. The van der Waals surface area contributed by atoms with E-state index in [2.05, 4.69) is 21.6 Å². The quantitative estimate of drug-likeness (QED) is 0.235. The third-order valence-corrected chi connectivity index (χ3v) is 6.08. The fraction of sp³-hybridized carbons (Fsp3) is 0.375.